The van der Waals surface area contributed by atoms with Crippen molar-refractivity contribution in [3.05, 3.63) is 16.3 Å². The molecule has 0 saturated heterocycles. The van der Waals surface area contributed by atoms with Crippen LogP contribution in [0.2, 0.25) is 5.15 Å². The molecule has 0 radical (unpaired) electrons. The highest BCUT2D eigenvalue weighted by atomic mass is 35.5. The summed E-state index contributed by atoms with van der Waals surface area (Å²) < 4.78 is 0. The molecule has 4 nitrogen and oxygen atoms in total. The third-order valence-corrected chi connectivity index (χ3v) is 3.88. The van der Waals surface area contributed by atoms with Gasteiger partial charge in [0.05, 0.1) is 12.1 Å². The average molecular weight is 256 g/mol. The Bertz CT molecular complexity index is 411. The lowest BCUT2D eigenvalue weighted by molar-refractivity contribution is 0.116. The molecule has 17 heavy (non-hydrogen) atoms. The number of aliphatic hydroxyl groups excluding tert-OH is 1. The van der Waals surface area contributed by atoms with Gasteiger partial charge in [0.15, 0.2) is 11.0 Å². The Labute approximate surface area is 106 Å². The maximum atomic E-state index is 9.91. The van der Waals surface area contributed by atoms with Gasteiger partial charge in [0.25, 0.3) is 0 Å². The fraction of sp³-hybridized carbons (Fsp3) is 0.667. The Balaban J connectivity index is 2.15. The van der Waals surface area contributed by atoms with Crippen molar-refractivity contribution in [1.82, 2.24) is 10.2 Å². The number of anilines is 1. The molecule has 5 heteroatoms. The molecule has 1 aliphatic carbocycles. The van der Waals surface area contributed by atoms with Crippen LogP contribution in [-0.2, 0) is 0 Å². The molecule has 1 fully saturated rings. The number of hydrogen-bond acceptors (Lipinski definition) is 4. The van der Waals surface area contributed by atoms with E-state index >= 15 is 0 Å². The molecule has 0 spiro atoms. The van der Waals surface area contributed by atoms with E-state index < -0.39 is 0 Å². The van der Waals surface area contributed by atoms with E-state index in [2.05, 4.69) is 15.5 Å². The van der Waals surface area contributed by atoms with Gasteiger partial charge in [0.1, 0.15) is 0 Å². The van der Waals surface area contributed by atoms with Gasteiger partial charge in [0.2, 0.25) is 0 Å². The Morgan fingerprint density at radius 2 is 1.88 bits per heavy atom. The largest absolute Gasteiger partial charge is 0.391 e. The van der Waals surface area contributed by atoms with Crippen LogP contribution in [0.25, 0.3) is 0 Å². The van der Waals surface area contributed by atoms with Crippen molar-refractivity contribution in [2.45, 2.75) is 51.7 Å². The molecule has 2 atom stereocenters. The van der Waals surface area contributed by atoms with Gasteiger partial charge >= 0.3 is 0 Å². The summed E-state index contributed by atoms with van der Waals surface area (Å²) in [5.74, 6) is 0.734. The van der Waals surface area contributed by atoms with Gasteiger partial charge in [-0.2, -0.15) is 0 Å². The van der Waals surface area contributed by atoms with Crippen molar-refractivity contribution in [3.8, 4) is 0 Å². The van der Waals surface area contributed by atoms with Gasteiger partial charge in [-0.05, 0) is 37.8 Å². The van der Waals surface area contributed by atoms with Crippen molar-refractivity contribution < 1.29 is 5.11 Å². The molecule has 1 aliphatic rings. The van der Waals surface area contributed by atoms with Gasteiger partial charge in [-0.1, -0.05) is 24.4 Å². The van der Waals surface area contributed by atoms with Crippen LogP contribution >= 0.6 is 11.6 Å². The minimum Gasteiger partial charge on any atom is -0.391 e. The molecule has 1 saturated carbocycles. The Kier molecular flexibility index (Phi) is 3.84. The lowest BCUT2D eigenvalue weighted by Gasteiger charge is -2.29. The van der Waals surface area contributed by atoms with Crippen LogP contribution in [0.4, 0.5) is 5.82 Å². The number of nitrogens with zero attached hydrogens (tertiary/aromatic N) is 2. The summed E-state index contributed by atoms with van der Waals surface area (Å²) in [4.78, 5) is 0. The lowest BCUT2D eigenvalue weighted by Crippen LogP contribution is -2.36. The second-order valence-corrected chi connectivity index (χ2v) is 5.05. The quantitative estimate of drug-likeness (QED) is 0.852. The molecule has 1 aromatic rings. The third kappa shape index (κ3) is 2.69. The highest BCUT2D eigenvalue weighted by molar-refractivity contribution is 6.30. The normalized spacial score (nSPS) is 24.7. The molecule has 0 bridgehead atoms. The standard InChI is InChI=1S/C12H18ClN3O/c1-7-8(2)12(16-15-11(7)13)14-9-5-3-4-6-10(9)17/h9-10,17H,3-6H2,1-2H3,(H,14,16)/t9-,10-/m1/s1. The Morgan fingerprint density at radius 3 is 2.59 bits per heavy atom. The molecule has 2 N–H and O–H groups in total. The predicted molar refractivity (Wildman–Crippen MR) is 68.4 cm³/mol. The monoisotopic (exact) mass is 255 g/mol. The van der Waals surface area contributed by atoms with E-state index in [1.54, 1.807) is 0 Å². The summed E-state index contributed by atoms with van der Waals surface area (Å²) in [5.41, 5.74) is 1.94. The van der Waals surface area contributed by atoms with Gasteiger partial charge in [0, 0.05) is 0 Å². The highest BCUT2D eigenvalue weighted by Crippen LogP contribution is 2.25. The molecule has 0 unspecified atom stereocenters. The van der Waals surface area contributed by atoms with Gasteiger partial charge in [-0.15, -0.1) is 10.2 Å². The van der Waals surface area contributed by atoms with Crippen LogP contribution in [0.5, 0.6) is 0 Å². The summed E-state index contributed by atoms with van der Waals surface area (Å²) in [6.07, 6.45) is 3.79. The van der Waals surface area contributed by atoms with Crippen molar-refractivity contribution in [2.24, 2.45) is 0 Å². The minimum atomic E-state index is -0.291. The number of rotatable bonds is 2. The Morgan fingerprint density at radius 1 is 1.18 bits per heavy atom. The summed E-state index contributed by atoms with van der Waals surface area (Å²) >= 11 is 5.91. The molecular formula is C12H18ClN3O. The molecule has 0 aliphatic heterocycles. The molecular weight excluding hydrogens is 238 g/mol. The number of halogens is 1. The number of aliphatic hydroxyl groups is 1. The second kappa shape index (κ2) is 5.19. The van der Waals surface area contributed by atoms with E-state index in [1.165, 1.54) is 0 Å². The van der Waals surface area contributed by atoms with Crippen molar-refractivity contribution in [1.29, 1.82) is 0 Å². The highest BCUT2D eigenvalue weighted by Gasteiger charge is 2.24. The average Bonchev–Trinajstić information content (AvgIpc) is 2.32. The fourth-order valence-corrected chi connectivity index (χ4v) is 2.35. The summed E-state index contributed by atoms with van der Waals surface area (Å²) in [6.45, 7) is 3.89. The zero-order valence-corrected chi connectivity index (χ0v) is 11.0. The molecule has 0 aromatic carbocycles. The summed E-state index contributed by atoms with van der Waals surface area (Å²) in [6, 6.07) is 0.0809. The van der Waals surface area contributed by atoms with Crippen molar-refractivity contribution >= 4 is 17.4 Å². The smallest absolute Gasteiger partial charge is 0.155 e. The first-order chi connectivity index (χ1) is 8.09. The first-order valence-electron chi connectivity index (χ1n) is 6.03. The predicted octanol–water partition coefficient (Wildman–Crippen LogP) is 2.46. The second-order valence-electron chi connectivity index (χ2n) is 4.69. The van der Waals surface area contributed by atoms with E-state index in [-0.39, 0.29) is 12.1 Å². The van der Waals surface area contributed by atoms with Crippen LogP contribution in [0.1, 0.15) is 36.8 Å². The van der Waals surface area contributed by atoms with Crippen LogP contribution in [0.15, 0.2) is 0 Å². The van der Waals surface area contributed by atoms with E-state index in [0.717, 1.165) is 42.6 Å². The van der Waals surface area contributed by atoms with Crippen LogP contribution in [0.3, 0.4) is 0 Å². The third-order valence-electron chi connectivity index (χ3n) is 3.52. The first kappa shape index (κ1) is 12.6. The topological polar surface area (TPSA) is 58.0 Å². The number of aromatic nitrogens is 2. The van der Waals surface area contributed by atoms with Crippen LogP contribution in [-0.4, -0.2) is 27.4 Å². The molecule has 94 valence electrons. The number of nitrogens with one attached hydrogen (secondary N) is 1. The van der Waals surface area contributed by atoms with Gasteiger partial charge in [-0.3, -0.25) is 0 Å². The zero-order valence-electron chi connectivity index (χ0n) is 10.2. The van der Waals surface area contributed by atoms with Gasteiger partial charge < -0.3 is 10.4 Å². The summed E-state index contributed by atoms with van der Waals surface area (Å²) in [5, 5.41) is 21.6. The van der Waals surface area contributed by atoms with E-state index in [9.17, 15) is 5.11 Å². The number of hydrogen-bond donors (Lipinski definition) is 2. The molecule has 1 aromatic heterocycles. The maximum Gasteiger partial charge on any atom is 0.155 e. The summed E-state index contributed by atoms with van der Waals surface area (Å²) in [7, 11) is 0. The minimum absolute atomic E-state index is 0.0809. The SMILES string of the molecule is Cc1c(Cl)nnc(N[C@@H]2CCCC[C@H]2O)c1C. The first-order valence-corrected chi connectivity index (χ1v) is 6.41. The zero-order chi connectivity index (χ0) is 12.4. The fourth-order valence-electron chi connectivity index (χ4n) is 2.17. The van der Waals surface area contributed by atoms with E-state index in [1.807, 2.05) is 13.8 Å². The van der Waals surface area contributed by atoms with E-state index in [0.29, 0.717) is 5.15 Å². The van der Waals surface area contributed by atoms with Crippen LogP contribution in [0, 0.1) is 13.8 Å². The molecule has 0 amide bonds. The molecule has 2 rings (SSSR count). The molecule has 1 heterocycles. The van der Waals surface area contributed by atoms with Crippen molar-refractivity contribution in [2.75, 3.05) is 5.32 Å². The lowest BCUT2D eigenvalue weighted by atomic mass is 9.92. The van der Waals surface area contributed by atoms with E-state index in [4.69, 9.17) is 11.6 Å². The Hall–Kier alpha value is -0.870. The van der Waals surface area contributed by atoms with Crippen LogP contribution < -0.4 is 5.32 Å². The van der Waals surface area contributed by atoms with Gasteiger partial charge in [-0.25, -0.2) is 0 Å². The maximum absolute atomic E-state index is 9.91. The van der Waals surface area contributed by atoms with Crippen molar-refractivity contribution in [3.63, 3.8) is 0 Å².